The van der Waals surface area contributed by atoms with Crippen molar-refractivity contribution in [2.45, 2.75) is 137 Å². The third-order valence-electron chi connectivity index (χ3n) is 6.81. The van der Waals surface area contributed by atoms with Gasteiger partial charge in [-0.1, -0.05) is 111 Å². The third kappa shape index (κ3) is 35.3. The molecular formula is C33H66O6. The molecule has 0 unspecified atom stereocenters. The van der Waals surface area contributed by atoms with Crippen molar-refractivity contribution in [2.24, 2.45) is 11.8 Å². The van der Waals surface area contributed by atoms with Crippen LogP contribution in [0, 0.1) is 11.8 Å². The first-order valence-corrected chi connectivity index (χ1v) is 16.5. The number of ether oxygens (including phenoxy) is 5. The van der Waals surface area contributed by atoms with Gasteiger partial charge in [-0.25, -0.2) is 0 Å². The van der Waals surface area contributed by atoms with Gasteiger partial charge < -0.3 is 23.7 Å². The summed E-state index contributed by atoms with van der Waals surface area (Å²) in [6, 6.07) is 0. The van der Waals surface area contributed by atoms with Crippen molar-refractivity contribution < 1.29 is 28.5 Å². The number of unbranched alkanes of at least 4 members (excludes halogenated alkanes) is 12. The highest BCUT2D eigenvalue weighted by Crippen LogP contribution is 2.14. The molecule has 0 fully saturated rings. The van der Waals surface area contributed by atoms with Gasteiger partial charge in [-0.3, -0.25) is 4.79 Å². The first-order chi connectivity index (χ1) is 19.0. The van der Waals surface area contributed by atoms with Crippen LogP contribution in [0.5, 0.6) is 0 Å². The van der Waals surface area contributed by atoms with E-state index in [-0.39, 0.29) is 5.97 Å². The fourth-order valence-corrected chi connectivity index (χ4v) is 4.26. The Morgan fingerprint density at radius 1 is 0.410 bits per heavy atom. The zero-order valence-corrected chi connectivity index (χ0v) is 26.5. The number of rotatable bonds is 32. The van der Waals surface area contributed by atoms with E-state index in [4.69, 9.17) is 23.7 Å². The summed E-state index contributed by atoms with van der Waals surface area (Å²) in [5.41, 5.74) is 0. The first-order valence-electron chi connectivity index (χ1n) is 16.5. The van der Waals surface area contributed by atoms with Crippen molar-refractivity contribution in [3.63, 3.8) is 0 Å². The van der Waals surface area contributed by atoms with Crippen LogP contribution >= 0.6 is 0 Å². The van der Waals surface area contributed by atoms with Gasteiger partial charge in [0.1, 0.15) is 0 Å². The number of esters is 1. The van der Waals surface area contributed by atoms with Crippen molar-refractivity contribution >= 4 is 5.97 Å². The molecule has 0 heterocycles. The van der Waals surface area contributed by atoms with Crippen LogP contribution < -0.4 is 0 Å². The molecule has 0 aromatic heterocycles. The van der Waals surface area contributed by atoms with Crippen LogP contribution in [0.2, 0.25) is 0 Å². The summed E-state index contributed by atoms with van der Waals surface area (Å²) in [6.07, 6.45) is 20.9. The SMILES string of the molecule is CC(C)CCCCCCCCCCCCCCCOC(=O)CCCOCCOCCOCCOCCC(C)C. The van der Waals surface area contributed by atoms with Gasteiger partial charge in [0.2, 0.25) is 0 Å². The van der Waals surface area contributed by atoms with Crippen molar-refractivity contribution in [3.05, 3.63) is 0 Å². The van der Waals surface area contributed by atoms with Gasteiger partial charge in [0.05, 0.1) is 46.2 Å². The highest BCUT2D eigenvalue weighted by atomic mass is 16.6. The normalized spacial score (nSPS) is 11.6. The molecule has 0 saturated carbocycles. The Morgan fingerprint density at radius 3 is 1.26 bits per heavy atom. The van der Waals surface area contributed by atoms with Crippen LogP contribution in [0.25, 0.3) is 0 Å². The molecule has 39 heavy (non-hydrogen) atoms. The maximum Gasteiger partial charge on any atom is 0.305 e. The quantitative estimate of drug-likeness (QED) is 0.0609. The molecule has 0 aromatic rings. The van der Waals surface area contributed by atoms with E-state index in [2.05, 4.69) is 27.7 Å². The number of carbonyl (C=O) groups is 1. The van der Waals surface area contributed by atoms with Gasteiger partial charge >= 0.3 is 5.97 Å². The van der Waals surface area contributed by atoms with E-state index in [1.807, 2.05) is 0 Å². The maximum absolute atomic E-state index is 11.8. The van der Waals surface area contributed by atoms with Crippen molar-refractivity contribution in [1.29, 1.82) is 0 Å². The Balaban J connectivity index is 3.16. The Hall–Kier alpha value is -0.690. The topological polar surface area (TPSA) is 63.2 Å². The molecule has 0 amide bonds. The number of hydrogen-bond acceptors (Lipinski definition) is 6. The van der Waals surface area contributed by atoms with Crippen LogP contribution in [0.1, 0.15) is 137 Å². The lowest BCUT2D eigenvalue weighted by Crippen LogP contribution is -2.13. The van der Waals surface area contributed by atoms with E-state index in [0.717, 1.165) is 31.8 Å². The molecule has 0 aliphatic rings. The summed E-state index contributed by atoms with van der Waals surface area (Å²) in [7, 11) is 0. The predicted molar refractivity (Wildman–Crippen MR) is 162 cm³/mol. The Morgan fingerprint density at radius 2 is 0.795 bits per heavy atom. The molecule has 0 aliphatic carbocycles. The maximum atomic E-state index is 11.8. The molecule has 0 aromatic carbocycles. The highest BCUT2D eigenvalue weighted by molar-refractivity contribution is 5.69. The molecule has 6 heteroatoms. The second-order valence-corrected chi connectivity index (χ2v) is 11.7. The zero-order valence-electron chi connectivity index (χ0n) is 26.5. The van der Waals surface area contributed by atoms with Crippen LogP contribution in [-0.2, 0) is 28.5 Å². The predicted octanol–water partition coefficient (Wildman–Crippen LogP) is 8.54. The van der Waals surface area contributed by atoms with E-state index in [1.54, 1.807) is 0 Å². The summed E-state index contributed by atoms with van der Waals surface area (Å²) < 4.78 is 27.3. The van der Waals surface area contributed by atoms with Crippen LogP contribution in [0.3, 0.4) is 0 Å². The summed E-state index contributed by atoms with van der Waals surface area (Å²) in [6.45, 7) is 14.4. The third-order valence-corrected chi connectivity index (χ3v) is 6.81. The monoisotopic (exact) mass is 558 g/mol. The highest BCUT2D eigenvalue weighted by Gasteiger charge is 2.03. The molecule has 0 N–H and O–H groups in total. The average Bonchev–Trinajstić information content (AvgIpc) is 2.90. The largest absolute Gasteiger partial charge is 0.466 e. The van der Waals surface area contributed by atoms with E-state index in [9.17, 15) is 4.79 Å². The molecule has 0 rings (SSSR count). The molecule has 234 valence electrons. The summed E-state index contributed by atoms with van der Waals surface area (Å²) in [5.74, 6) is 1.42. The van der Waals surface area contributed by atoms with Gasteiger partial charge in [-0.15, -0.1) is 0 Å². The average molecular weight is 559 g/mol. The van der Waals surface area contributed by atoms with E-state index in [0.29, 0.717) is 71.6 Å². The molecule has 0 spiro atoms. The first kappa shape index (κ1) is 38.3. The van der Waals surface area contributed by atoms with Gasteiger partial charge in [0, 0.05) is 19.6 Å². The van der Waals surface area contributed by atoms with Crippen LogP contribution in [-0.4, -0.2) is 65.4 Å². The van der Waals surface area contributed by atoms with Gasteiger partial charge in [0.25, 0.3) is 0 Å². The van der Waals surface area contributed by atoms with E-state index in [1.165, 1.54) is 77.0 Å². The lowest BCUT2D eigenvalue weighted by molar-refractivity contribution is -0.144. The fourth-order valence-electron chi connectivity index (χ4n) is 4.26. The van der Waals surface area contributed by atoms with Crippen molar-refractivity contribution in [1.82, 2.24) is 0 Å². The summed E-state index contributed by atoms with van der Waals surface area (Å²) in [4.78, 5) is 11.8. The minimum Gasteiger partial charge on any atom is -0.466 e. The minimum atomic E-state index is -0.111. The van der Waals surface area contributed by atoms with Gasteiger partial charge in [0.15, 0.2) is 0 Å². The zero-order chi connectivity index (χ0) is 28.7. The molecule has 0 aliphatic heterocycles. The Labute approximate surface area is 242 Å². The second kappa shape index (κ2) is 31.8. The van der Waals surface area contributed by atoms with Crippen molar-refractivity contribution in [2.75, 3.05) is 59.5 Å². The lowest BCUT2D eigenvalue weighted by Gasteiger charge is -2.08. The van der Waals surface area contributed by atoms with E-state index >= 15 is 0 Å². The Kier molecular flexibility index (Phi) is 31.3. The fraction of sp³-hybridized carbons (Fsp3) is 0.970. The van der Waals surface area contributed by atoms with Crippen LogP contribution in [0.4, 0.5) is 0 Å². The number of carbonyl (C=O) groups excluding carboxylic acids is 1. The molecule has 0 saturated heterocycles. The Bertz CT molecular complexity index is 483. The van der Waals surface area contributed by atoms with Gasteiger partial charge in [-0.05, 0) is 31.1 Å². The van der Waals surface area contributed by atoms with Crippen LogP contribution in [0.15, 0.2) is 0 Å². The molecule has 0 radical (unpaired) electrons. The van der Waals surface area contributed by atoms with E-state index < -0.39 is 0 Å². The standard InChI is InChI=1S/C33H66O6/c1-31(2)19-16-14-12-10-8-6-5-7-9-11-13-15-17-23-39-33(34)20-18-22-35-25-27-37-29-30-38-28-26-36-24-21-32(3)4/h31-32H,5-30H2,1-4H3. The smallest absolute Gasteiger partial charge is 0.305 e. The summed E-state index contributed by atoms with van der Waals surface area (Å²) >= 11 is 0. The lowest BCUT2D eigenvalue weighted by atomic mass is 10.0. The number of hydrogen-bond donors (Lipinski definition) is 0. The van der Waals surface area contributed by atoms with Crippen molar-refractivity contribution in [3.8, 4) is 0 Å². The molecular weight excluding hydrogens is 492 g/mol. The second-order valence-electron chi connectivity index (χ2n) is 11.7. The summed E-state index contributed by atoms with van der Waals surface area (Å²) in [5, 5.41) is 0. The molecule has 0 bridgehead atoms. The molecule has 6 nitrogen and oxygen atoms in total. The van der Waals surface area contributed by atoms with Gasteiger partial charge in [-0.2, -0.15) is 0 Å². The minimum absolute atomic E-state index is 0.111. The molecule has 0 atom stereocenters.